The molecule has 106 valence electrons. The molecular weight excluding hydrogens is 267 g/mol. The Kier molecular flexibility index (Phi) is 3.57. The molecule has 1 aromatic rings. The lowest BCUT2D eigenvalue weighted by molar-refractivity contribution is 0.357. The summed E-state index contributed by atoms with van der Waals surface area (Å²) < 4.78 is 40.4. The summed E-state index contributed by atoms with van der Waals surface area (Å²) in [6.07, 6.45) is 2.00. The summed E-state index contributed by atoms with van der Waals surface area (Å²) >= 11 is 0. The first-order chi connectivity index (χ1) is 8.78. The van der Waals surface area contributed by atoms with Crippen molar-refractivity contribution < 1.29 is 12.8 Å². The number of hydrogen-bond acceptors (Lipinski definition) is 3. The number of halogens is 1. The Morgan fingerprint density at radius 2 is 2.05 bits per heavy atom. The van der Waals surface area contributed by atoms with Gasteiger partial charge >= 0.3 is 0 Å². The molecule has 0 heterocycles. The van der Waals surface area contributed by atoms with Crippen molar-refractivity contribution >= 4 is 15.7 Å². The van der Waals surface area contributed by atoms with Gasteiger partial charge in [-0.2, -0.15) is 0 Å². The van der Waals surface area contributed by atoms with Crippen LogP contribution < -0.4 is 10.5 Å². The molecule has 0 saturated heterocycles. The number of hydrogen-bond donors (Lipinski definition) is 2. The second kappa shape index (κ2) is 4.76. The van der Waals surface area contributed by atoms with Crippen LogP contribution in [0.1, 0.15) is 26.7 Å². The Bertz CT molecular complexity index is 560. The van der Waals surface area contributed by atoms with Gasteiger partial charge in [-0.15, -0.1) is 0 Å². The molecule has 1 fully saturated rings. The van der Waals surface area contributed by atoms with Crippen molar-refractivity contribution in [3.63, 3.8) is 0 Å². The van der Waals surface area contributed by atoms with Crippen LogP contribution in [0.25, 0.3) is 0 Å². The molecule has 0 amide bonds. The molecule has 0 bridgehead atoms. The SMILES string of the molecule is CC(C)C1(CNS(=O)(=O)c2c(N)cccc2F)CC1. The molecule has 3 N–H and O–H groups in total. The average Bonchev–Trinajstić information content (AvgIpc) is 3.07. The Balaban J connectivity index is 2.20. The van der Waals surface area contributed by atoms with Gasteiger partial charge in [-0.25, -0.2) is 17.5 Å². The predicted octanol–water partition coefficient (Wildman–Crippen LogP) is 2.12. The van der Waals surface area contributed by atoms with Crippen molar-refractivity contribution in [1.82, 2.24) is 4.72 Å². The van der Waals surface area contributed by atoms with Crippen LogP contribution in [-0.2, 0) is 10.0 Å². The fourth-order valence-corrected chi connectivity index (χ4v) is 3.56. The first-order valence-corrected chi connectivity index (χ1v) is 7.80. The van der Waals surface area contributed by atoms with E-state index in [0.29, 0.717) is 12.5 Å². The van der Waals surface area contributed by atoms with E-state index in [0.717, 1.165) is 18.9 Å². The van der Waals surface area contributed by atoms with Crippen molar-refractivity contribution in [2.24, 2.45) is 11.3 Å². The van der Waals surface area contributed by atoms with Crippen LogP contribution in [0.4, 0.5) is 10.1 Å². The van der Waals surface area contributed by atoms with Gasteiger partial charge in [0.15, 0.2) is 0 Å². The highest BCUT2D eigenvalue weighted by Crippen LogP contribution is 2.51. The summed E-state index contributed by atoms with van der Waals surface area (Å²) in [5, 5.41) is 0. The smallest absolute Gasteiger partial charge is 0.245 e. The van der Waals surface area contributed by atoms with Gasteiger partial charge in [-0.1, -0.05) is 19.9 Å². The second-order valence-electron chi connectivity index (χ2n) is 5.50. The van der Waals surface area contributed by atoms with Gasteiger partial charge < -0.3 is 5.73 Å². The van der Waals surface area contributed by atoms with Gasteiger partial charge in [0.1, 0.15) is 10.7 Å². The summed E-state index contributed by atoms with van der Waals surface area (Å²) in [7, 11) is -3.90. The van der Waals surface area contributed by atoms with Crippen LogP contribution in [-0.4, -0.2) is 15.0 Å². The summed E-state index contributed by atoms with van der Waals surface area (Å²) in [5.74, 6) is -0.421. The molecule has 1 saturated carbocycles. The number of anilines is 1. The van der Waals surface area contributed by atoms with Crippen LogP contribution >= 0.6 is 0 Å². The van der Waals surface area contributed by atoms with Gasteiger partial charge in [0.2, 0.25) is 10.0 Å². The third-order valence-corrected chi connectivity index (χ3v) is 5.49. The Morgan fingerprint density at radius 1 is 1.42 bits per heavy atom. The van der Waals surface area contributed by atoms with E-state index in [-0.39, 0.29) is 11.1 Å². The topological polar surface area (TPSA) is 72.2 Å². The summed E-state index contributed by atoms with van der Waals surface area (Å²) in [4.78, 5) is -0.449. The minimum atomic E-state index is -3.90. The van der Waals surface area contributed by atoms with Crippen molar-refractivity contribution in [3.05, 3.63) is 24.0 Å². The van der Waals surface area contributed by atoms with Gasteiger partial charge in [0.25, 0.3) is 0 Å². The number of nitrogens with two attached hydrogens (primary N) is 1. The molecule has 1 aliphatic rings. The first-order valence-electron chi connectivity index (χ1n) is 6.32. The van der Waals surface area contributed by atoms with E-state index < -0.39 is 20.7 Å². The van der Waals surface area contributed by atoms with E-state index in [1.165, 1.54) is 12.1 Å². The van der Waals surface area contributed by atoms with Crippen molar-refractivity contribution in [2.75, 3.05) is 12.3 Å². The third kappa shape index (κ3) is 2.74. The molecule has 1 aromatic carbocycles. The van der Waals surface area contributed by atoms with Crippen LogP contribution in [0.15, 0.2) is 23.1 Å². The van der Waals surface area contributed by atoms with Gasteiger partial charge in [-0.3, -0.25) is 0 Å². The molecular formula is C13H19FN2O2S. The van der Waals surface area contributed by atoms with Crippen LogP contribution in [0, 0.1) is 17.2 Å². The lowest BCUT2D eigenvalue weighted by Crippen LogP contribution is -2.33. The zero-order chi connectivity index (χ0) is 14.3. The van der Waals surface area contributed by atoms with Crippen LogP contribution in [0.2, 0.25) is 0 Å². The molecule has 1 aliphatic carbocycles. The fraction of sp³-hybridized carbons (Fsp3) is 0.538. The molecule has 0 aromatic heterocycles. The van der Waals surface area contributed by atoms with Crippen molar-refractivity contribution in [2.45, 2.75) is 31.6 Å². The van der Waals surface area contributed by atoms with E-state index in [1.807, 2.05) is 0 Å². The van der Waals surface area contributed by atoms with E-state index in [1.54, 1.807) is 0 Å². The van der Waals surface area contributed by atoms with Crippen LogP contribution in [0.3, 0.4) is 0 Å². The normalized spacial score (nSPS) is 17.7. The second-order valence-corrected chi connectivity index (χ2v) is 7.20. The number of nitrogens with one attached hydrogen (secondary N) is 1. The molecule has 19 heavy (non-hydrogen) atoms. The third-order valence-electron chi connectivity index (χ3n) is 4.00. The Hall–Kier alpha value is -1.14. The Morgan fingerprint density at radius 3 is 2.53 bits per heavy atom. The van der Waals surface area contributed by atoms with Crippen molar-refractivity contribution in [3.8, 4) is 0 Å². The maximum Gasteiger partial charge on any atom is 0.245 e. The summed E-state index contributed by atoms with van der Waals surface area (Å²) in [5.41, 5.74) is 5.52. The van der Waals surface area contributed by atoms with E-state index in [9.17, 15) is 12.8 Å². The fourth-order valence-electron chi connectivity index (χ4n) is 2.24. The highest BCUT2D eigenvalue weighted by molar-refractivity contribution is 7.89. The number of nitrogen functional groups attached to an aromatic ring is 1. The summed E-state index contributed by atoms with van der Waals surface area (Å²) in [6, 6.07) is 3.87. The first kappa shape index (κ1) is 14.3. The van der Waals surface area contributed by atoms with Crippen LogP contribution in [0.5, 0.6) is 0 Å². The predicted molar refractivity (Wildman–Crippen MR) is 72.5 cm³/mol. The lowest BCUT2D eigenvalue weighted by Gasteiger charge is -2.20. The molecule has 0 unspecified atom stereocenters. The maximum absolute atomic E-state index is 13.6. The van der Waals surface area contributed by atoms with E-state index in [2.05, 4.69) is 18.6 Å². The molecule has 0 spiro atoms. The van der Waals surface area contributed by atoms with Gasteiger partial charge in [0.05, 0.1) is 5.69 Å². The molecule has 6 heteroatoms. The number of sulfonamides is 1. The zero-order valence-electron chi connectivity index (χ0n) is 11.1. The molecule has 0 aliphatic heterocycles. The van der Waals surface area contributed by atoms with Gasteiger partial charge in [-0.05, 0) is 36.3 Å². The van der Waals surface area contributed by atoms with Gasteiger partial charge in [0, 0.05) is 6.54 Å². The lowest BCUT2D eigenvalue weighted by atomic mass is 9.93. The number of rotatable bonds is 5. The average molecular weight is 286 g/mol. The quantitative estimate of drug-likeness (QED) is 0.814. The highest BCUT2D eigenvalue weighted by atomic mass is 32.2. The minimum absolute atomic E-state index is 0.0209. The largest absolute Gasteiger partial charge is 0.398 e. The highest BCUT2D eigenvalue weighted by Gasteiger charge is 2.45. The Labute approximate surface area is 113 Å². The molecule has 2 rings (SSSR count). The summed E-state index contributed by atoms with van der Waals surface area (Å²) in [6.45, 7) is 4.47. The maximum atomic E-state index is 13.6. The molecule has 4 nitrogen and oxygen atoms in total. The molecule has 0 atom stereocenters. The van der Waals surface area contributed by atoms with E-state index >= 15 is 0 Å². The minimum Gasteiger partial charge on any atom is -0.398 e. The standard InChI is InChI=1S/C13H19FN2O2S/c1-9(2)13(6-7-13)8-16-19(17,18)12-10(14)4-3-5-11(12)15/h3-5,9,16H,6-8,15H2,1-2H3. The molecule has 0 radical (unpaired) electrons. The monoisotopic (exact) mass is 286 g/mol. The van der Waals surface area contributed by atoms with Crippen molar-refractivity contribution in [1.29, 1.82) is 0 Å². The zero-order valence-corrected chi connectivity index (χ0v) is 11.9. The number of benzene rings is 1. The van der Waals surface area contributed by atoms with E-state index in [4.69, 9.17) is 5.73 Å².